The van der Waals surface area contributed by atoms with Crippen molar-refractivity contribution in [1.82, 2.24) is 15.7 Å². The highest BCUT2D eigenvalue weighted by Crippen LogP contribution is 2.25. The average Bonchev–Trinajstić information content (AvgIpc) is 2.78. The van der Waals surface area contributed by atoms with E-state index in [1.54, 1.807) is 48.5 Å². The zero-order chi connectivity index (χ0) is 21.3. The number of rotatable bonds is 7. The van der Waals surface area contributed by atoms with Gasteiger partial charge in [-0.2, -0.15) is 0 Å². The van der Waals surface area contributed by atoms with E-state index in [4.69, 9.17) is 9.47 Å². The van der Waals surface area contributed by atoms with Crippen LogP contribution in [0.5, 0.6) is 17.2 Å². The minimum Gasteiger partial charge on any atom is -0.495 e. The molecule has 9 heteroatoms. The summed E-state index contributed by atoms with van der Waals surface area (Å²) in [5, 5.41) is 5.21. The fourth-order valence-electron chi connectivity index (χ4n) is 2.53. The molecule has 0 atom stereocenters. The number of para-hydroxylation sites is 2. The molecule has 0 fully saturated rings. The fourth-order valence-corrected chi connectivity index (χ4v) is 2.53. The number of nitrogens with zero attached hydrogens (tertiary/aromatic N) is 1. The molecule has 1 heterocycles. The third-order valence-corrected chi connectivity index (χ3v) is 3.94. The molecule has 0 aliphatic heterocycles. The van der Waals surface area contributed by atoms with Gasteiger partial charge in [0.15, 0.2) is 0 Å². The number of pyridine rings is 1. The van der Waals surface area contributed by atoms with Gasteiger partial charge in [-0.3, -0.25) is 20.6 Å². The molecule has 0 aliphatic carbocycles. The molecule has 3 amide bonds. The van der Waals surface area contributed by atoms with Crippen LogP contribution < -0.4 is 31.0 Å². The van der Waals surface area contributed by atoms with Gasteiger partial charge in [0.1, 0.15) is 22.9 Å². The van der Waals surface area contributed by atoms with Crippen molar-refractivity contribution in [3.63, 3.8) is 0 Å². The van der Waals surface area contributed by atoms with Crippen LogP contribution in [0.4, 0.5) is 16.2 Å². The number of urea groups is 1. The summed E-state index contributed by atoms with van der Waals surface area (Å²) in [4.78, 5) is 27.8. The summed E-state index contributed by atoms with van der Waals surface area (Å²) in [5.74, 6) is 1.22. The highest BCUT2D eigenvalue weighted by Gasteiger charge is 2.08. The van der Waals surface area contributed by atoms with Crippen LogP contribution in [0.3, 0.4) is 0 Å². The van der Waals surface area contributed by atoms with Crippen molar-refractivity contribution in [2.24, 2.45) is 0 Å². The van der Waals surface area contributed by atoms with Crippen LogP contribution >= 0.6 is 0 Å². The second kappa shape index (κ2) is 9.78. The molecule has 0 aliphatic rings. The van der Waals surface area contributed by atoms with E-state index in [2.05, 4.69) is 26.5 Å². The summed E-state index contributed by atoms with van der Waals surface area (Å²) in [6.07, 6.45) is 1.49. The molecular formula is C21H21N5O4. The highest BCUT2D eigenvalue weighted by molar-refractivity contribution is 5.92. The SMILES string of the molecule is CNC(=O)c1cc(Oc2cccc(NNC(=O)Nc3ccccc3OC)c2)ccn1. The largest absolute Gasteiger partial charge is 0.495 e. The number of nitrogens with one attached hydrogen (secondary N) is 4. The molecule has 2 aromatic carbocycles. The van der Waals surface area contributed by atoms with Crippen LogP contribution in [0, 0.1) is 0 Å². The molecule has 154 valence electrons. The number of hydrogen-bond donors (Lipinski definition) is 4. The van der Waals surface area contributed by atoms with E-state index in [0.717, 1.165) is 0 Å². The van der Waals surface area contributed by atoms with Crippen molar-refractivity contribution in [2.45, 2.75) is 0 Å². The van der Waals surface area contributed by atoms with Crippen molar-refractivity contribution in [3.8, 4) is 17.2 Å². The summed E-state index contributed by atoms with van der Waals surface area (Å²) in [6.45, 7) is 0. The number of hydrogen-bond acceptors (Lipinski definition) is 6. The number of carbonyl (C=O) groups excluding carboxylic acids is 2. The van der Waals surface area contributed by atoms with Crippen LogP contribution in [0.25, 0.3) is 0 Å². The quantitative estimate of drug-likeness (QED) is 0.447. The van der Waals surface area contributed by atoms with Crippen LogP contribution in [0.15, 0.2) is 66.9 Å². The lowest BCUT2D eigenvalue weighted by Crippen LogP contribution is -2.33. The molecule has 0 radical (unpaired) electrons. The number of aromatic nitrogens is 1. The number of benzene rings is 2. The van der Waals surface area contributed by atoms with E-state index < -0.39 is 6.03 Å². The Labute approximate surface area is 173 Å². The van der Waals surface area contributed by atoms with Gasteiger partial charge in [0.2, 0.25) is 0 Å². The number of methoxy groups -OCH3 is 1. The fraction of sp³-hybridized carbons (Fsp3) is 0.0952. The molecule has 0 saturated heterocycles. The van der Waals surface area contributed by atoms with E-state index >= 15 is 0 Å². The van der Waals surface area contributed by atoms with Crippen molar-refractivity contribution < 1.29 is 19.1 Å². The van der Waals surface area contributed by atoms with Crippen LogP contribution in [-0.2, 0) is 0 Å². The molecule has 0 bridgehead atoms. The Hall–Kier alpha value is -4.27. The van der Waals surface area contributed by atoms with Gasteiger partial charge in [0.25, 0.3) is 5.91 Å². The van der Waals surface area contributed by atoms with Crippen molar-refractivity contribution in [2.75, 3.05) is 24.9 Å². The Balaban J connectivity index is 1.60. The second-order valence-electron chi connectivity index (χ2n) is 5.99. The second-order valence-corrected chi connectivity index (χ2v) is 5.99. The van der Waals surface area contributed by atoms with Gasteiger partial charge in [-0.15, -0.1) is 0 Å². The number of amides is 3. The summed E-state index contributed by atoms with van der Waals surface area (Å²) in [7, 11) is 3.06. The number of hydrazine groups is 1. The molecule has 0 unspecified atom stereocenters. The first-order valence-electron chi connectivity index (χ1n) is 9.01. The number of anilines is 2. The Morgan fingerprint density at radius 2 is 1.77 bits per heavy atom. The van der Waals surface area contributed by atoms with E-state index in [0.29, 0.717) is 28.6 Å². The van der Waals surface area contributed by atoms with Crippen molar-refractivity contribution in [1.29, 1.82) is 0 Å². The molecule has 0 saturated carbocycles. The Morgan fingerprint density at radius 1 is 0.967 bits per heavy atom. The van der Waals surface area contributed by atoms with Gasteiger partial charge < -0.3 is 20.1 Å². The maximum atomic E-state index is 12.1. The lowest BCUT2D eigenvalue weighted by molar-refractivity contribution is 0.0958. The van der Waals surface area contributed by atoms with E-state index in [9.17, 15) is 9.59 Å². The van der Waals surface area contributed by atoms with Crippen LogP contribution in [0.1, 0.15) is 10.5 Å². The predicted octanol–water partition coefficient (Wildman–Crippen LogP) is 3.39. The average molecular weight is 407 g/mol. The molecule has 3 aromatic rings. The van der Waals surface area contributed by atoms with Crippen molar-refractivity contribution in [3.05, 3.63) is 72.6 Å². The van der Waals surface area contributed by atoms with Gasteiger partial charge in [-0.25, -0.2) is 4.79 Å². The van der Waals surface area contributed by atoms with E-state index in [1.165, 1.54) is 26.4 Å². The smallest absolute Gasteiger partial charge is 0.337 e. The highest BCUT2D eigenvalue weighted by atomic mass is 16.5. The molecule has 0 spiro atoms. The maximum absolute atomic E-state index is 12.1. The standard InChI is InChI=1S/C21H21N5O4/c1-22-20(27)18-13-16(10-11-23-18)30-15-7-5-6-14(12-15)25-26-21(28)24-17-8-3-4-9-19(17)29-2/h3-13,25H,1-2H3,(H,22,27)(H2,24,26,28). The first kappa shape index (κ1) is 20.5. The molecular weight excluding hydrogens is 386 g/mol. The minimum atomic E-state index is -0.463. The maximum Gasteiger partial charge on any atom is 0.337 e. The summed E-state index contributed by atoms with van der Waals surface area (Å²) < 4.78 is 11.0. The summed E-state index contributed by atoms with van der Waals surface area (Å²) in [6, 6.07) is 16.8. The zero-order valence-electron chi connectivity index (χ0n) is 16.4. The normalized spacial score (nSPS) is 9.93. The van der Waals surface area contributed by atoms with Gasteiger partial charge in [0, 0.05) is 25.4 Å². The van der Waals surface area contributed by atoms with Gasteiger partial charge in [0.05, 0.1) is 18.5 Å². The third kappa shape index (κ3) is 5.38. The molecule has 3 rings (SSSR count). The lowest BCUT2D eigenvalue weighted by Gasteiger charge is -2.13. The predicted molar refractivity (Wildman–Crippen MR) is 113 cm³/mol. The van der Waals surface area contributed by atoms with Gasteiger partial charge >= 0.3 is 6.03 Å². The Kier molecular flexibility index (Phi) is 6.67. The molecule has 30 heavy (non-hydrogen) atoms. The monoisotopic (exact) mass is 407 g/mol. The first-order valence-corrected chi connectivity index (χ1v) is 9.01. The van der Waals surface area contributed by atoms with E-state index in [1.807, 2.05) is 6.07 Å². The Bertz CT molecular complexity index is 1040. The van der Waals surface area contributed by atoms with Crippen molar-refractivity contribution >= 4 is 23.3 Å². The Morgan fingerprint density at radius 3 is 2.57 bits per heavy atom. The van der Waals surface area contributed by atoms with E-state index in [-0.39, 0.29) is 11.6 Å². The lowest BCUT2D eigenvalue weighted by atomic mass is 10.3. The molecule has 1 aromatic heterocycles. The summed E-state index contributed by atoms with van der Waals surface area (Å²) in [5.41, 5.74) is 6.75. The molecule has 9 nitrogen and oxygen atoms in total. The first-order chi connectivity index (χ1) is 14.6. The minimum absolute atomic E-state index is 0.249. The topological polar surface area (TPSA) is 114 Å². The van der Waals surface area contributed by atoms with Gasteiger partial charge in [-0.05, 0) is 30.3 Å². The van der Waals surface area contributed by atoms with Gasteiger partial charge in [-0.1, -0.05) is 18.2 Å². The number of ether oxygens (including phenoxy) is 2. The van der Waals surface area contributed by atoms with Crippen LogP contribution in [-0.4, -0.2) is 31.1 Å². The zero-order valence-corrected chi connectivity index (χ0v) is 16.4. The van der Waals surface area contributed by atoms with Crippen LogP contribution in [0.2, 0.25) is 0 Å². The summed E-state index contributed by atoms with van der Waals surface area (Å²) >= 11 is 0. The molecule has 4 N–H and O–H groups in total. The number of carbonyl (C=O) groups is 2. The third-order valence-electron chi connectivity index (χ3n) is 3.94.